The van der Waals surface area contributed by atoms with Crippen LogP contribution in [0.25, 0.3) is 16.6 Å². The maximum absolute atomic E-state index is 16.5. The third-order valence-electron chi connectivity index (χ3n) is 8.89. The molecule has 4 aromatic rings. The molecule has 3 heterocycles. The Labute approximate surface area is 270 Å². The maximum atomic E-state index is 16.5. The molecule has 11 heteroatoms. The van der Waals surface area contributed by atoms with Crippen LogP contribution in [-0.2, 0) is 24.4 Å². The summed E-state index contributed by atoms with van der Waals surface area (Å²) in [5.74, 6) is -0.771. The van der Waals surface area contributed by atoms with E-state index in [4.69, 9.17) is 15.0 Å². The first kappa shape index (κ1) is 31.6. The van der Waals surface area contributed by atoms with Gasteiger partial charge >= 0.3 is 5.97 Å². The molecule has 2 aliphatic rings. The lowest BCUT2D eigenvalue weighted by molar-refractivity contribution is -0.129. The summed E-state index contributed by atoms with van der Waals surface area (Å²) >= 11 is 0. The minimum absolute atomic E-state index is 0.0156. The zero-order chi connectivity index (χ0) is 33.3. The number of aromatic nitrogens is 3. The number of carbonyl (C=O) groups excluding carboxylic acids is 1. The Morgan fingerprint density at radius 3 is 2.70 bits per heavy atom. The fraction of sp³-hybridized carbons (Fsp3) is 0.306. The van der Waals surface area contributed by atoms with E-state index in [-0.39, 0.29) is 54.0 Å². The van der Waals surface area contributed by atoms with Crippen LogP contribution in [0.1, 0.15) is 66.1 Å². The number of pyridine rings is 1. The summed E-state index contributed by atoms with van der Waals surface area (Å²) in [6.07, 6.45) is 5.49. The highest BCUT2D eigenvalue weighted by molar-refractivity contribution is 5.92. The Hall–Kier alpha value is -5.37. The van der Waals surface area contributed by atoms with Crippen LogP contribution in [0, 0.1) is 17.1 Å². The van der Waals surface area contributed by atoms with E-state index in [2.05, 4.69) is 4.98 Å². The number of nitriles is 1. The average Bonchev–Trinajstić information content (AvgIpc) is 3.65. The minimum Gasteiger partial charge on any atom is -0.478 e. The smallest absolute Gasteiger partial charge is 0.335 e. The summed E-state index contributed by atoms with van der Waals surface area (Å²) in [6, 6.07) is 15.9. The SMILES string of the molecule is CC(=O)N1CCC[C@@H]1Cn1c(CC2=CC=C(c3cccc(OCc4ccc(C#N)cc4F)n3)CC2(C)F)nc2ccc(C(=O)O)cc21. The molecule has 2 aromatic carbocycles. The summed E-state index contributed by atoms with van der Waals surface area (Å²) in [5, 5.41) is 18.6. The molecule has 0 bridgehead atoms. The molecule has 240 valence electrons. The van der Waals surface area contributed by atoms with Gasteiger partial charge in [0.05, 0.1) is 33.9 Å². The highest BCUT2D eigenvalue weighted by Gasteiger charge is 2.35. The summed E-state index contributed by atoms with van der Waals surface area (Å²) in [6.45, 7) is 4.07. The first-order valence-electron chi connectivity index (χ1n) is 15.4. The molecule has 1 saturated heterocycles. The maximum Gasteiger partial charge on any atom is 0.335 e. The third-order valence-corrected chi connectivity index (χ3v) is 8.89. The van der Waals surface area contributed by atoms with Crippen molar-refractivity contribution in [3.63, 3.8) is 0 Å². The van der Waals surface area contributed by atoms with Crippen molar-refractivity contribution in [1.29, 1.82) is 5.26 Å². The van der Waals surface area contributed by atoms with Gasteiger partial charge in [0.2, 0.25) is 11.8 Å². The number of allylic oxidation sites excluding steroid dienone is 4. The number of alkyl halides is 1. The van der Waals surface area contributed by atoms with Crippen molar-refractivity contribution in [3.05, 3.63) is 106 Å². The number of amides is 1. The predicted molar refractivity (Wildman–Crippen MR) is 171 cm³/mol. The van der Waals surface area contributed by atoms with Gasteiger partial charge in [0, 0.05) is 50.5 Å². The molecule has 1 N–H and O–H groups in total. The fourth-order valence-electron chi connectivity index (χ4n) is 6.35. The zero-order valence-electron chi connectivity index (χ0n) is 26.0. The molecule has 1 unspecified atom stereocenters. The van der Waals surface area contributed by atoms with Gasteiger partial charge < -0.3 is 19.3 Å². The number of halogens is 2. The fourth-order valence-corrected chi connectivity index (χ4v) is 6.35. The van der Waals surface area contributed by atoms with E-state index in [1.54, 1.807) is 43.3 Å². The normalized spacial score (nSPS) is 19.3. The van der Waals surface area contributed by atoms with E-state index in [0.717, 1.165) is 18.9 Å². The summed E-state index contributed by atoms with van der Waals surface area (Å²) in [4.78, 5) is 35.2. The Bertz CT molecular complexity index is 1990. The monoisotopic (exact) mass is 637 g/mol. The minimum atomic E-state index is -1.75. The van der Waals surface area contributed by atoms with Crippen LogP contribution in [0.3, 0.4) is 0 Å². The molecule has 9 nitrogen and oxygen atoms in total. The summed E-state index contributed by atoms with van der Waals surface area (Å²) in [7, 11) is 0. The number of nitrogens with zero attached hydrogens (tertiary/aromatic N) is 5. The highest BCUT2D eigenvalue weighted by Crippen LogP contribution is 2.39. The summed E-state index contributed by atoms with van der Waals surface area (Å²) < 4.78 is 38.4. The molecule has 1 aliphatic heterocycles. The van der Waals surface area contributed by atoms with Crippen molar-refractivity contribution < 1.29 is 28.2 Å². The molecule has 2 aromatic heterocycles. The van der Waals surface area contributed by atoms with Crippen molar-refractivity contribution in [3.8, 4) is 11.9 Å². The van der Waals surface area contributed by atoms with Crippen LogP contribution in [-0.4, -0.2) is 54.7 Å². The number of fused-ring (bicyclic) bond motifs is 1. The standard InChI is InChI=1S/C36H33F2N5O4/c1-22(44)42-14-4-5-28(42)20-43-32-16-24(35(45)46)11-13-31(32)40-33(43)17-27-12-10-25(18-36(27,2)38)30-6-3-7-34(41-30)47-21-26-9-8-23(19-39)15-29(26)37/h3,6-13,15-16,28H,4-5,14,17-18,20-21H2,1-2H3,(H,45,46)/t28-,36?/m1/s1. The number of carbonyl (C=O) groups is 2. The Morgan fingerprint density at radius 2 is 1.98 bits per heavy atom. The van der Waals surface area contributed by atoms with E-state index in [1.807, 2.05) is 21.6 Å². The highest BCUT2D eigenvalue weighted by atomic mass is 19.1. The van der Waals surface area contributed by atoms with Crippen molar-refractivity contribution in [1.82, 2.24) is 19.4 Å². The van der Waals surface area contributed by atoms with Gasteiger partial charge in [-0.3, -0.25) is 4.79 Å². The van der Waals surface area contributed by atoms with Crippen LogP contribution in [0.4, 0.5) is 8.78 Å². The van der Waals surface area contributed by atoms with E-state index < -0.39 is 17.5 Å². The Balaban J connectivity index is 1.27. The predicted octanol–water partition coefficient (Wildman–Crippen LogP) is 6.41. The number of hydrogen-bond acceptors (Lipinski definition) is 6. The van der Waals surface area contributed by atoms with Gasteiger partial charge in [-0.2, -0.15) is 5.26 Å². The van der Waals surface area contributed by atoms with Crippen LogP contribution >= 0.6 is 0 Å². The second-order valence-corrected chi connectivity index (χ2v) is 12.2. The van der Waals surface area contributed by atoms with E-state index in [0.29, 0.717) is 46.8 Å². The lowest BCUT2D eigenvalue weighted by atomic mass is 9.83. The van der Waals surface area contributed by atoms with Crippen LogP contribution < -0.4 is 4.74 Å². The molecule has 0 spiro atoms. The number of ether oxygens (including phenoxy) is 1. The largest absolute Gasteiger partial charge is 0.478 e. The van der Waals surface area contributed by atoms with E-state index in [1.165, 1.54) is 25.1 Å². The Kier molecular flexibility index (Phi) is 8.60. The molecule has 0 radical (unpaired) electrons. The van der Waals surface area contributed by atoms with Crippen molar-refractivity contribution in [2.24, 2.45) is 0 Å². The molecular weight excluding hydrogens is 604 g/mol. The number of rotatable bonds is 9. The molecule has 1 aliphatic carbocycles. The number of imidazole rings is 1. The molecule has 47 heavy (non-hydrogen) atoms. The second kappa shape index (κ2) is 12.8. The van der Waals surface area contributed by atoms with Gasteiger partial charge in [-0.25, -0.2) is 23.5 Å². The molecule has 1 amide bonds. The first-order valence-corrected chi connectivity index (χ1v) is 15.4. The number of likely N-dealkylation sites (tertiary alicyclic amines) is 1. The number of hydrogen-bond donors (Lipinski definition) is 1. The third kappa shape index (κ3) is 6.63. The lowest BCUT2D eigenvalue weighted by Crippen LogP contribution is -2.37. The second-order valence-electron chi connectivity index (χ2n) is 12.2. The molecular formula is C36H33F2N5O4. The van der Waals surface area contributed by atoms with Crippen molar-refractivity contribution >= 4 is 28.5 Å². The van der Waals surface area contributed by atoms with Gasteiger partial charge in [-0.05, 0) is 67.3 Å². The first-order chi connectivity index (χ1) is 22.5. The van der Waals surface area contributed by atoms with Gasteiger partial charge in [-0.1, -0.05) is 24.3 Å². The van der Waals surface area contributed by atoms with Crippen molar-refractivity contribution in [2.45, 2.75) is 64.4 Å². The molecule has 0 saturated carbocycles. The quantitative estimate of drug-likeness (QED) is 0.225. The van der Waals surface area contributed by atoms with E-state index >= 15 is 4.39 Å². The van der Waals surface area contributed by atoms with Crippen LogP contribution in [0.15, 0.2) is 72.3 Å². The Morgan fingerprint density at radius 1 is 1.15 bits per heavy atom. The van der Waals surface area contributed by atoms with Crippen molar-refractivity contribution in [2.75, 3.05) is 6.54 Å². The number of aromatic carboxylic acids is 1. The molecule has 1 fully saturated rings. The van der Waals surface area contributed by atoms with Gasteiger partial charge in [0.25, 0.3) is 0 Å². The number of carboxylic acid groups (broad SMARTS) is 1. The van der Waals surface area contributed by atoms with E-state index in [9.17, 15) is 19.1 Å². The topological polar surface area (TPSA) is 121 Å². The molecule has 2 atom stereocenters. The lowest BCUT2D eigenvalue weighted by Gasteiger charge is -2.29. The summed E-state index contributed by atoms with van der Waals surface area (Å²) in [5.41, 5.74) is 1.81. The van der Waals surface area contributed by atoms with Gasteiger partial charge in [-0.15, -0.1) is 0 Å². The average molecular weight is 638 g/mol. The molecule has 6 rings (SSSR count). The van der Waals surface area contributed by atoms with Crippen LogP contribution in [0.2, 0.25) is 0 Å². The van der Waals surface area contributed by atoms with Gasteiger partial charge in [0.15, 0.2) is 0 Å². The number of benzene rings is 2. The number of carboxylic acids is 1. The van der Waals surface area contributed by atoms with Gasteiger partial charge in [0.1, 0.15) is 23.9 Å². The van der Waals surface area contributed by atoms with Crippen LogP contribution in [0.5, 0.6) is 5.88 Å². The zero-order valence-corrected chi connectivity index (χ0v) is 26.0.